The van der Waals surface area contributed by atoms with E-state index in [1.54, 1.807) is 0 Å². The molecule has 1 aliphatic heterocycles. The zero-order chi connectivity index (χ0) is 22.5. The molecule has 172 valence electrons. The molecule has 0 amide bonds. The second-order valence-corrected chi connectivity index (χ2v) is 9.32. The van der Waals surface area contributed by atoms with Crippen molar-refractivity contribution in [2.75, 3.05) is 45.9 Å². The van der Waals surface area contributed by atoms with Gasteiger partial charge in [0.1, 0.15) is 10.7 Å². The van der Waals surface area contributed by atoms with Crippen molar-refractivity contribution in [1.82, 2.24) is 19.8 Å². The van der Waals surface area contributed by atoms with E-state index in [1.807, 2.05) is 23.6 Å². The third-order valence-corrected chi connectivity index (χ3v) is 6.76. The van der Waals surface area contributed by atoms with E-state index in [4.69, 9.17) is 9.72 Å². The number of hydrogen-bond acceptors (Lipinski definition) is 7. The first-order chi connectivity index (χ1) is 15.5. The summed E-state index contributed by atoms with van der Waals surface area (Å²) in [5.74, 6) is 0.646. The molecule has 0 aliphatic carbocycles. The fraction of sp³-hybridized carbons (Fsp3) is 0.500. The van der Waals surface area contributed by atoms with Gasteiger partial charge in [-0.05, 0) is 31.0 Å². The third kappa shape index (κ3) is 5.44. The van der Waals surface area contributed by atoms with E-state index in [9.17, 15) is 9.90 Å². The minimum absolute atomic E-state index is 0.102. The Labute approximate surface area is 192 Å². The van der Waals surface area contributed by atoms with Crippen LogP contribution in [0.2, 0.25) is 0 Å². The van der Waals surface area contributed by atoms with Gasteiger partial charge < -0.3 is 14.8 Å². The van der Waals surface area contributed by atoms with Crippen LogP contribution in [0.25, 0.3) is 21.3 Å². The highest BCUT2D eigenvalue weighted by molar-refractivity contribution is 7.17. The van der Waals surface area contributed by atoms with Gasteiger partial charge in [0, 0.05) is 37.1 Å². The molecule has 1 fully saturated rings. The number of ether oxygens (including phenoxy) is 1. The smallest absolute Gasteiger partial charge is 0.260 e. The van der Waals surface area contributed by atoms with Gasteiger partial charge in [0.2, 0.25) is 0 Å². The van der Waals surface area contributed by atoms with Crippen LogP contribution in [0, 0.1) is 6.92 Å². The van der Waals surface area contributed by atoms with Crippen molar-refractivity contribution in [3.8, 4) is 11.1 Å². The van der Waals surface area contributed by atoms with E-state index in [0.29, 0.717) is 30.8 Å². The van der Waals surface area contributed by atoms with Crippen molar-refractivity contribution in [2.24, 2.45) is 0 Å². The number of benzene rings is 1. The fourth-order valence-electron chi connectivity index (χ4n) is 4.34. The van der Waals surface area contributed by atoms with Crippen molar-refractivity contribution >= 4 is 21.6 Å². The fourth-order valence-corrected chi connectivity index (χ4v) is 5.30. The van der Waals surface area contributed by atoms with Crippen LogP contribution < -0.4 is 5.56 Å². The highest BCUT2D eigenvalue weighted by atomic mass is 32.1. The number of β-amino-alcohol motifs (C(OH)–C–C–N with tert-alkyl or cyclic N) is 1. The van der Waals surface area contributed by atoms with E-state index >= 15 is 0 Å². The van der Waals surface area contributed by atoms with Crippen LogP contribution in [-0.2, 0) is 11.3 Å². The Bertz CT molecular complexity index is 1090. The number of nitrogens with one attached hydrogen (secondary N) is 1. The first-order valence-corrected chi connectivity index (χ1v) is 12.2. The molecule has 4 rings (SSSR count). The van der Waals surface area contributed by atoms with Gasteiger partial charge in [-0.1, -0.05) is 31.2 Å². The maximum absolute atomic E-state index is 13.0. The molecule has 7 nitrogen and oxygen atoms in total. The predicted molar refractivity (Wildman–Crippen MR) is 129 cm³/mol. The van der Waals surface area contributed by atoms with Gasteiger partial charge in [0.15, 0.2) is 0 Å². The van der Waals surface area contributed by atoms with E-state index < -0.39 is 6.10 Å². The molecule has 1 saturated heterocycles. The van der Waals surface area contributed by atoms with Crippen LogP contribution in [0.15, 0.2) is 34.4 Å². The summed E-state index contributed by atoms with van der Waals surface area (Å²) in [5.41, 5.74) is 3.04. The lowest BCUT2D eigenvalue weighted by Gasteiger charge is -2.31. The summed E-state index contributed by atoms with van der Waals surface area (Å²) in [4.78, 5) is 26.0. The Hall–Kier alpha value is -2.10. The maximum atomic E-state index is 13.0. The second-order valence-electron chi connectivity index (χ2n) is 8.46. The molecule has 32 heavy (non-hydrogen) atoms. The van der Waals surface area contributed by atoms with Crippen molar-refractivity contribution in [3.63, 3.8) is 0 Å². The molecule has 2 N–H and O–H groups in total. The summed E-state index contributed by atoms with van der Waals surface area (Å²) < 4.78 is 5.39. The van der Waals surface area contributed by atoms with Crippen molar-refractivity contribution in [1.29, 1.82) is 0 Å². The second kappa shape index (κ2) is 10.7. The van der Waals surface area contributed by atoms with Crippen LogP contribution in [0.4, 0.5) is 0 Å². The number of fused-ring (bicyclic) bond motifs is 1. The molecule has 0 saturated carbocycles. The minimum Gasteiger partial charge on any atom is -0.390 e. The van der Waals surface area contributed by atoms with Crippen molar-refractivity contribution < 1.29 is 9.84 Å². The number of aliphatic hydroxyl groups is 1. The Morgan fingerprint density at radius 3 is 2.81 bits per heavy atom. The number of aryl methyl sites for hydroxylation is 1. The van der Waals surface area contributed by atoms with Crippen molar-refractivity contribution in [2.45, 2.75) is 32.9 Å². The van der Waals surface area contributed by atoms with Gasteiger partial charge in [0.25, 0.3) is 5.56 Å². The molecule has 0 bridgehead atoms. The lowest BCUT2D eigenvalue weighted by atomic mass is 10.0. The number of H-pyrrole nitrogens is 1. The van der Waals surface area contributed by atoms with Crippen LogP contribution >= 0.6 is 11.3 Å². The molecule has 0 radical (unpaired) electrons. The average molecular weight is 457 g/mol. The first kappa shape index (κ1) is 23.1. The van der Waals surface area contributed by atoms with Crippen LogP contribution in [0.3, 0.4) is 0 Å². The van der Waals surface area contributed by atoms with Crippen molar-refractivity contribution in [3.05, 3.63) is 51.4 Å². The highest BCUT2D eigenvalue weighted by Crippen LogP contribution is 2.32. The molecule has 3 heterocycles. The third-order valence-electron chi connectivity index (χ3n) is 5.88. The summed E-state index contributed by atoms with van der Waals surface area (Å²) >= 11 is 1.51. The van der Waals surface area contributed by atoms with E-state index in [2.05, 4.69) is 34.7 Å². The molecule has 3 aromatic rings. The number of morpholine rings is 1. The van der Waals surface area contributed by atoms with E-state index in [-0.39, 0.29) is 5.56 Å². The van der Waals surface area contributed by atoms with Crippen LogP contribution in [-0.4, -0.2) is 76.9 Å². The summed E-state index contributed by atoms with van der Waals surface area (Å²) in [7, 11) is 0. The molecule has 1 aliphatic rings. The largest absolute Gasteiger partial charge is 0.390 e. The van der Waals surface area contributed by atoms with Gasteiger partial charge >= 0.3 is 0 Å². The molecular formula is C24H32N4O3S. The zero-order valence-corrected chi connectivity index (χ0v) is 19.7. The number of hydrogen-bond donors (Lipinski definition) is 2. The number of nitrogens with zero attached hydrogens (tertiary/aromatic N) is 3. The number of rotatable bonds is 9. The van der Waals surface area contributed by atoms with Gasteiger partial charge in [-0.25, -0.2) is 4.98 Å². The van der Waals surface area contributed by atoms with Gasteiger partial charge in [-0.15, -0.1) is 11.3 Å². The van der Waals surface area contributed by atoms with E-state index in [1.165, 1.54) is 11.3 Å². The lowest BCUT2D eigenvalue weighted by molar-refractivity contribution is 0.00611. The van der Waals surface area contributed by atoms with Crippen LogP contribution in [0.1, 0.15) is 24.7 Å². The van der Waals surface area contributed by atoms with E-state index in [0.717, 1.165) is 60.8 Å². The maximum Gasteiger partial charge on any atom is 0.260 e. The molecule has 8 heteroatoms. The normalized spacial score (nSPS) is 16.1. The minimum atomic E-state index is -0.454. The quantitative estimate of drug-likeness (QED) is 0.515. The number of aromatic amines is 1. The molecule has 0 spiro atoms. The molecule has 2 aromatic heterocycles. The number of aromatic nitrogens is 2. The van der Waals surface area contributed by atoms with Crippen LogP contribution in [0.5, 0.6) is 0 Å². The zero-order valence-electron chi connectivity index (χ0n) is 18.8. The summed E-state index contributed by atoms with van der Waals surface area (Å²) in [6.45, 7) is 9.87. The number of aliphatic hydroxyl groups excluding tert-OH is 1. The predicted octanol–water partition coefficient (Wildman–Crippen LogP) is 2.87. The summed E-state index contributed by atoms with van der Waals surface area (Å²) in [6, 6.07) is 8.10. The lowest BCUT2D eigenvalue weighted by Crippen LogP contribution is -2.44. The Kier molecular flexibility index (Phi) is 7.70. The topological polar surface area (TPSA) is 81.7 Å². The number of thiophene rings is 1. The molecule has 1 aromatic carbocycles. The summed E-state index contributed by atoms with van der Waals surface area (Å²) in [5, 5.41) is 13.3. The molecule has 1 atom stereocenters. The first-order valence-electron chi connectivity index (χ1n) is 11.3. The average Bonchev–Trinajstić information content (AvgIpc) is 3.19. The van der Waals surface area contributed by atoms with Gasteiger partial charge in [-0.3, -0.25) is 14.6 Å². The molecule has 1 unspecified atom stereocenters. The standard InChI is InChI=1S/C24H32N4O3S/c1-3-8-28(14-18(29)13-27-9-11-31-12-10-27)15-21-25-23(30)22-20(16-32-24(22)26-21)19-7-5-4-6-17(19)2/h4-7,16,18,29H,3,8-15H2,1-2H3,(H,25,26,30). The Balaban J connectivity index is 1.50. The highest BCUT2D eigenvalue weighted by Gasteiger charge is 2.19. The van der Waals surface area contributed by atoms with Gasteiger partial charge in [-0.2, -0.15) is 0 Å². The SMILES string of the molecule is CCCN(Cc1nc2scc(-c3ccccc3C)c2c(=O)[nH]1)CC(O)CN1CCOCC1. The Morgan fingerprint density at radius 2 is 2.06 bits per heavy atom. The van der Waals surface area contributed by atoms with Gasteiger partial charge in [0.05, 0.1) is 31.2 Å². The Morgan fingerprint density at radius 1 is 1.28 bits per heavy atom. The summed E-state index contributed by atoms with van der Waals surface area (Å²) in [6.07, 6.45) is 0.511. The molecular weight excluding hydrogens is 424 g/mol. The monoisotopic (exact) mass is 456 g/mol.